The first-order valence-electron chi connectivity index (χ1n) is 11.0. The number of carbonyl (C=O) groups is 1. The van der Waals surface area contributed by atoms with E-state index in [0.717, 1.165) is 11.3 Å². The predicted molar refractivity (Wildman–Crippen MR) is 125 cm³/mol. The zero-order valence-corrected chi connectivity index (χ0v) is 17.6. The Hall–Kier alpha value is -3.83. The van der Waals surface area contributed by atoms with Crippen molar-refractivity contribution in [3.8, 4) is 0 Å². The number of H-pyrrole nitrogens is 1. The topological polar surface area (TPSA) is 51.4 Å². The van der Waals surface area contributed by atoms with Gasteiger partial charge >= 0.3 is 0 Å². The molecule has 2 aliphatic rings. The highest BCUT2D eigenvalue weighted by atomic mass is 16.2. The highest BCUT2D eigenvalue weighted by Gasteiger charge is 2.53. The van der Waals surface area contributed by atoms with Crippen LogP contribution in [0.5, 0.6) is 0 Å². The third kappa shape index (κ3) is 3.01. The maximum atomic E-state index is 13.8. The van der Waals surface area contributed by atoms with Gasteiger partial charge in [0.25, 0.3) is 5.91 Å². The third-order valence-corrected chi connectivity index (χ3v) is 6.50. The number of nitrogens with one attached hydrogen (secondary N) is 2. The molecule has 1 saturated heterocycles. The molecule has 6 rings (SSSR count). The first-order chi connectivity index (χ1) is 15.8. The van der Waals surface area contributed by atoms with Gasteiger partial charge in [0.15, 0.2) is 0 Å². The monoisotopic (exact) mass is 420 g/mol. The highest BCUT2D eigenvalue weighted by molar-refractivity contribution is 5.87. The zero-order valence-electron chi connectivity index (χ0n) is 17.6. The van der Waals surface area contributed by atoms with Crippen molar-refractivity contribution in [1.82, 2.24) is 14.9 Å². The summed E-state index contributed by atoms with van der Waals surface area (Å²) in [4.78, 5) is 19.7. The molecule has 1 aromatic heterocycles. The van der Waals surface area contributed by atoms with E-state index in [2.05, 4.69) is 57.8 Å². The molecule has 5 nitrogen and oxygen atoms in total. The van der Waals surface area contributed by atoms with E-state index in [-0.39, 0.29) is 24.2 Å². The van der Waals surface area contributed by atoms with Gasteiger partial charge in [0.2, 0.25) is 0 Å². The summed E-state index contributed by atoms with van der Waals surface area (Å²) in [6, 6.07) is 32.5. The van der Waals surface area contributed by atoms with Crippen LogP contribution in [0.2, 0.25) is 0 Å². The van der Waals surface area contributed by atoms with E-state index in [1.54, 1.807) is 0 Å². The lowest BCUT2D eigenvalue weighted by Crippen LogP contribution is -2.43. The number of hydrazine groups is 1. The molecule has 0 unspecified atom stereocenters. The minimum absolute atomic E-state index is 0.0447. The SMILES string of the molecule is O=C1[C@@H]2Cc3cc[nH]c3[C@H](c3ccccc3)N2[C@H](c2ccccc2)N1Nc1ccccc1. The van der Waals surface area contributed by atoms with E-state index in [9.17, 15) is 4.79 Å². The van der Waals surface area contributed by atoms with Gasteiger partial charge in [-0.3, -0.25) is 15.1 Å². The molecule has 1 fully saturated rings. The fraction of sp³-hybridized carbons (Fsp3) is 0.148. The van der Waals surface area contributed by atoms with E-state index < -0.39 is 0 Å². The predicted octanol–water partition coefficient (Wildman–Crippen LogP) is 4.90. The minimum atomic E-state index is -0.245. The number of carbonyl (C=O) groups excluding carboxylic acids is 1. The molecule has 3 aromatic carbocycles. The number of benzene rings is 3. The molecule has 0 spiro atoms. The molecule has 0 radical (unpaired) electrons. The summed E-state index contributed by atoms with van der Waals surface area (Å²) in [5, 5.41) is 1.82. The van der Waals surface area contributed by atoms with Crippen LogP contribution in [0.25, 0.3) is 0 Å². The van der Waals surface area contributed by atoms with Crippen molar-refractivity contribution < 1.29 is 4.79 Å². The molecule has 0 aliphatic carbocycles. The Morgan fingerprint density at radius 1 is 0.781 bits per heavy atom. The van der Waals surface area contributed by atoms with Crippen LogP contribution in [0.3, 0.4) is 0 Å². The molecule has 32 heavy (non-hydrogen) atoms. The number of anilines is 1. The highest BCUT2D eigenvalue weighted by Crippen LogP contribution is 2.47. The van der Waals surface area contributed by atoms with Crippen molar-refractivity contribution >= 4 is 11.6 Å². The van der Waals surface area contributed by atoms with Gasteiger partial charge in [-0.25, -0.2) is 5.01 Å². The Kier molecular flexibility index (Phi) is 4.55. The largest absolute Gasteiger partial charge is 0.363 e. The summed E-state index contributed by atoms with van der Waals surface area (Å²) in [5.74, 6) is 0.0930. The average molecular weight is 421 g/mol. The van der Waals surface area contributed by atoms with E-state index in [0.29, 0.717) is 6.42 Å². The van der Waals surface area contributed by atoms with Gasteiger partial charge in [-0.1, -0.05) is 78.9 Å². The maximum Gasteiger partial charge on any atom is 0.260 e. The molecule has 1 amide bonds. The Balaban J connectivity index is 1.51. The lowest BCUT2D eigenvalue weighted by atomic mass is 9.89. The zero-order chi connectivity index (χ0) is 21.5. The maximum absolute atomic E-state index is 13.8. The summed E-state index contributed by atoms with van der Waals surface area (Å²) in [5.41, 5.74) is 8.96. The molecule has 0 bridgehead atoms. The van der Waals surface area contributed by atoms with Crippen molar-refractivity contribution in [1.29, 1.82) is 0 Å². The quantitative estimate of drug-likeness (QED) is 0.494. The summed E-state index contributed by atoms with van der Waals surface area (Å²) in [6.45, 7) is 0. The molecular weight excluding hydrogens is 396 g/mol. The molecule has 3 heterocycles. The summed E-state index contributed by atoms with van der Waals surface area (Å²) >= 11 is 0. The van der Waals surface area contributed by atoms with Gasteiger partial charge in [-0.2, -0.15) is 0 Å². The van der Waals surface area contributed by atoms with Crippen LogP contribution < -0.4 is 5.43 Å². The van der Waals surface area contributed by atoms with Crippen LogP contribution in [-0.2, 0) is 11.2 Å². The smallest absolute Gasteiger partial charge is 0.260 e. The van der Waals surface area contributed by atoms with Gasteiger partial charge in [-0.15, -0.1) is 0 Å². The summed E-state index contributed by atoms with van der Waals surface area (Å²) in [7, 11) is 0. The molecule has 158 valence electrons. The van der Waals surface area contributed by atoms with Crippen LogP contribution in [-0.4, -0.2) is 26.8 Å². The number of amides is 1. The molecule has 2 aliphatic heterocycles. The van der Waals surface area contributed by atoms with Crippen LogP contribution in [0, 0.1) is 0 Å². The first kappa shape index (κ1) is 18.9. The van der Waals surface area contributed by atoms with Gasteiger partial charge in [0.1, 0.15) is 6.17 Å². The van der Waals surface area contributed by atoms with E-state index in [4.69, 9.17) is 0 Å². The Bertz CT molecular complexity index is 1220. The van der Waals surface area contributed by atoms with Crippen LogP contribution >= 0.6 is 0 Å². The molecule has 2 N–H and O–H groups in total. The second-order valence-corrected chi connectivity index (χ2v) is 8.37. The Morgan fingerprint density at radius 2 is 1.41 bits per heavy atom. The van der Waals surface area contributed by atoms with Crippen LogP contribution in [0.15, 0.2) is 103 Å². The first-order valence-corrected chi connectivity index (χ1v) is 11.0. The van der Waals surface area contributed by atoms with Gasteiger partial charge < -0.3 is 4.98 Å². The summed E-state index contributed by atoms with van der Waals surface area (Å²) < 4.78 is 0. The van der Waals surface area contributed by atoms with Crippen LogP contribution in [0.4, 0.5) is 5.69 Å². The number of aromatic nitrogens is 1. The minimum Gasteiger partial charge on any atom is -0.363 e. The number of para-hydroxylation sites is 1. The molecular formula is C27H24N4O. The number of hydrogen-bond acceptors (Lipinski definition) is 3. The summed E-state index contributed by atoms with van der Waals surface area (Å²) in [6.07, 6.45) is 2.44. The van der Waals surface area contributed by atoms with Gasteiger partial charge in [0, 0.05) is 11.9 Å². The standard InChI is InChI=1S/C27H24N4O/c32-27-23-18-21-16-17-28-24(21)25(19-10-4-1-5-11-19)30(23)26(20-12-6-2-7-13-20)31(27)29-22-14-8-3-9-15-22/h1-17,23,25-26,28-29H,18H2/t23-,25-,26-/m0/s1. The lowest BCUT2D eigenvalue weighted by molar-refractivity contribution is -0.129. The van der Waals surface area contributed by atoms with Crippen molar-refractivity contribution in [2.45, 2.75) is 24.7 Å². The van der Waals surface area contributed by atoms with Crippen molar-refractivity contribution in [2.75, 3.05) is 5.43 Å². The second-order valence-electron chi connectivity index (χ2n) is 8.37. The number of nitrogens with zero attached hydrogens (tertiary/aromatic N) is 2. The normalized spacial score (nSPS) is 22.4. The Morgan fingerprint density at radius 3 is 2.09 bits per heavy atom. The fourth-order valence-corrected chi connectivity index (χ4v) is 5.12. The van der Waals surface area contributed by atoms with Crippen LogP contribution in [0.1, 0.15) is 34.6 Å². The van der Waals surface area contributed by atoms with Gasteiger partial charge in [0.05, 0.1) is 17.8 Å². The second kappa shape index (κ2) is 7.70. The van der Waals surface area contributed by atoms with Crippen molar-refractivity contribution in [2.24, 2.45) is 0 Å². The van der Waals surface area contributed by atoms with Crippen molar-refractivity contribution in [3.63, 3.8) is 0 Å². The van der Waals surface area contributed by atoms with E-state index in [1.807, 2.05) is 65.8 Å². The number of aromatic amines is 1. The number of rotatable bonds is 4. The lowest BCUT2D eigenvalue weighted by Gasteiger charge is -2.40. The Labute approximate surface area is 187 Å². The van der Waals surface area contributed by atoms with Crippen molar-refractivity contribution in [3.05, 3.63) is 126 Å². The number of hydrogen-bond donors (Lipinski definition) is 2. The number of fused-ring (bicyclic) bond motifs is 2. The molecule has 5 heteroatoms. The van der Waals surface area contributed by atoms with Gasteiger partial charge in [-0.05, 0) is 41.3 Å². The fourth-order valence-electron chi connectivity index (χ4n) is 5.12. The third-order valence-electron chi connectivity index (χ3n) is 6.50. The van der Waals surface area contributed by atoms with E-state index in [1.165, 1.54) is 16.8 Å². The average Bonchev–Trinajstić information content (AvgIpc) is 3.42. The molecule has 0 saturated carbocycles. The van der Waals surface area contributed by atoms with E-state index >= 15 is 0 Å². The molecule has 4 aromatic rings. The molecule has 3 atom stereocenters.